The predicted octanol–water partition coefficient (Wildman–Crippen LogP) is 1.74. The third-order valence-corrected chi connectivity index (χ3v) is 5.33. The minimum absolute atomic E-state index is 0.0153. The van der Waals surface area contributed by atoms with Gasteiger partial charge >= 0.3 is 0 Å². The first-order chi connectivity index (χ1) is 9.61. The maximum Gasteiger partial charge on any atom is 0.237 e. The van der Waals surface area contributed by atoms with E-state index in [2.05, 4.69) is 17.1 Å². The molecule has 4 heteroatoms. The van der Waals surface area contributed by atoms with Crippen LogP contribution in [0.3, 0.4) is 0 Å². The molecule has 3 N–H and O–H groups in total. The van der Waals surface area contributed by atoms with E-state index in [4.69, 9.17) is 5.73 Å². The summed E-state index contributed by atoms with van der Waals surface area (Å²) in [4.78, 5) is 14.7. The molecule has 0 bridgehead atoms. The molecule has 0 spiro atoms. The van der Waals surface area contributed by atoms with Crippen LogP contribution in [0.2, 0.25) is 0 Å². The van der Waals surface area contributed by atoms with Crippen molar-refractivity contribution in [3.63, 3.8) is 0 Å². The van der Waals surface area contributed by atoms with E-state index in [0.29, 0.717) is 17.9 Å². The van der Waals surface area contributed by atoms with E-state index in [1.807, 2.05) is 6.92 Å². The first-order valence-electron chi connectivity index (χ1n) is 8.36. The van der Waals surface area contributed by atoms with Crippen molar-refractivity contribution >= 4 is 5.91 Å². The van der Waals surface area contributed by atoms with Crippen LogP contribution < -0.4 is 11.1 Å². The van der Waals surface area contributed by atoms with Gasteiger partial charge in [-0.2, -0.15) is 0 Å². The summed E-state index contributed by atoms with van der Waals surface area (Å²) in [5.74, 6) is 1.43. The lowest BCUT2D eigenvalue weighted by molar-refractivity contribution is -0.127. The number of likely N-dealkylation sites (tertiary alicyclic amines) is 1. The van der Waals surface area contributed by atoms with E-state index < -0.39 is 0 Å². The Morgan fingerprint density at radius 3 is 2.65 bits per heavy atom. The average Bonchev–Trinajstić information content (AvgIpc) is 2.48. The zero-order chi connectivity index (χ0) is 14.5. The summed E-state index contributed by atoms with van der Waals surface area (Å²) < 4.78 is 0. The molecule has 2 aliphatic rings. The topological polar surface area (TPSA) is 58.4 Å². The van der Waals surface area contributed by atoms with Crippen LogP contribution in [0.25, 0.3) is 0 Å². The highest BCUT2D eigenvalue weighted by Gasteiger charge is 2.31. The summed E-state index contributed by atoms with van der Waals surface area (Å²) in [5, 5.41) is 3.25. The van der Waals surface area contributed by atoms with Crippen molar-refractivity contribution < 1.29 is 4.79 Å². The molecule has 0 aromatic heterocycles. The summed E-state index contributed by atoms with van der Waals surface area (Å²) >= 11 is 0. The number of nitrogens with one attached hydrogen (secondary N) is 1. The summed E-state index contributed by atoms with van der Waals surface area (Å²) in [6.07, 6.45) is 7.31. The first-order valence-corrected chi connectivity index (χ1v) is 8.36. The quantitative estimate of drug-likeness (QED) is 0.825. The van der Waals surface area contributed by atoms with Crippen molar-refractivity contribution in [1.82, 2.24) is 10.2 Å². The standard InChI is InChI=1S/C16H31N3O/c1-12-8-9-19(11-14(12)10-17)13(2)16(20)18-15-6-4-3-5-7-15/h12-15H,3-11,17H2,1-2H3,(H,18,20). The van der Waals surface area contributed by atoms with Crippen molar-refractivity contribution in [3.05, 3.63) is 0 Å². The zero-order valence-electron chi connectivity index (χ0n) is 13.1. The van der Waals surface area contributed by atoms with Gasteiger partial charge in [-0.25, -0.2) is 0 Å². The molecule has 3 unspecified atom stereocenters. The second kappa shape index (κ2) is 7.41. The van der Waals surface area contributed by atoms with Crippen LogP contribution in [-0.2, 0) is 4.79 Å². The third kappa shape index (κ3) is 3.95. The van der Waals surface area contributed by atoms with E-state index in [-0.39, 0.29) is 11.9 Å². The summed E-state index contributed by atoms with van der Waals surface area (Å²) in [7, 11) is 0. The highest BCUT2D eigenvalue weighted by Crippen LogP contribution is 2.24. The van der Waals surface area contributed by atoms with Gasteiger partial charge in [0.05, 0.1) is 6.04 Å². The Labute approximate surface area is 123 Å². The average molecular weight is 281 g/mol. The molecule has 1 amide bonds. The van der Waals surface area contributed by atoms with Crippen LogP contribution >= 0.6 is 0 Å². The molecule has 3 atom stereocenters. The lowest BCUT2D eigenvalue weighted by Crippen LogP contribution is -2.53. The minimum atomic E-state index is -0.0153. The van der Waals surface area contributed by atoms with Gasteiger partial charge in [-0.15, -0.1) is 0 Å². The van der Waals surface area contributed by atoms with Crippen molar-refractivity contribution in [2.24, 2.45) is 17.6 Å². The number of nitrogens with zero attached hydrogens (tertiary/aromatic N) is 1. The van der Waals surface area contributed by atoms with Crippen LogP contribution in [-0.4, -0.2) is 42.5 Å². The van der Waals surface area contributed by atoms with Crippen molar-refractivity contribution in [3.8, 4) is 0 Å². The van der Waals surface area contributed by atoms with E-state index >= 15 is 0 Å². The fraction of sp³-hybridized carbons (Fsp3) is 0.938. The molecule has 1 saturated heterocycles. The maximum atomic E-state index is 12.4. The van der Waals surface area contributed by atoms with Crippen molar-refractivity contribution in [1.29, 1.82) is 0 Å². The Morgan fingerprint density at radius 2 is 2.00 bits per heavy atom. The molecule has 20 heavy (non-hydrogen) atoms. The molecular formula is C16H31N3O. The number of nitrogens with two attached hydrogens (primary N) is 1. The van der Waals surface area contributed by atoms with Crippen molar-refractivity contribution in [2.75, 3.05) is 19.6 Å². The zero-order valence-corrected chi connectivity index (χ0v) is 13.1. The molecule has 1 saturated carbocycles. The molecule has 1 heterocycles. The maximum absolute atomic E-state index is 12.4. The molecule has 1 aliphatic heterocycles. The summed E-state index contributed by atoms with van der Waals surface area (Å²) in [6, 6.07) is 0.395. The van der Waals surface area contributed by atoms with Gasteiger partial charge in [0.15, 0.2) is 0 Å². The van der Waals surface area contributed by atoms with Gasteiger partial charge in [0.2, 0.25) is 5.91 Å². The Morgan fingerprint density at radius 1 is 1.30 bits per heavy atom. The molecule has 0 aromatic carbocycles. The molecule has 4 nitrogen and oxygen atoms in total. The van der Waals surface area contributed by atoms with Crippen molar-refractivity contribution in [2.45, 2.75) is 64.5 Å². The Bertz CT molecular complexity index is 315. The van der Waals surface area contributed by atoms with Gasteiger partial charge in [-0.1, -0.05) is 26.2 Å². The smallest absolute Gasteiger partial charge is 0.237 e. The summed E-state index contributed by atoms with van der Waals surface area (Å²) in [5.41, 5.74) is 5.85. The number of piperidine rings is 1. The fourth-order valence-electron chi connectivity index (χ4n) is 3.57. The van der Waals surface area contributed by atoms with Gasteiger partial charge in [0.25, 0.3) is 0 Å². The second-order valence-electron chi connectivity index (χ2n) is 6.78. The molecular weight excluding hydrogens is 250 g/mol. The number of carbonyl (C=O) groups excluding carboxylic acids is 1. The predicted molar refractivity (Wildman–Crippen MR) is 82.4 cm³/mol. The minimum Gasteiger partial charge on any atom is -0.352 e. The lowest BCUT2D eigenvalue weighted by atomic mass is 9.86. The van der Waals surface area contributed by atoms with Gasteiger partial charge in [-0.3, -0.25) is 9.69 Å². The van der Waals surface area contributed by atoms with E-state index in [1.54, 1.807) is 0 Å². The molecule has 116 valence electrons. The monoisotopic (exact) mass is 281 g/mol. The molecule has 2 fully saturated rings. The van der Waals surface area contributed by atoms with Crippen LogP contribution in [0.5, 0.6) is 0 Å². The number of hydrogen-bond acceptors (Lipinski definition) is 3. The largest absolute Gasteiger partial charge is 0.352 e. The van der Waals surface area contributed by atoms with Gasteiger partial charge < -0.3 is 11.1 Å². The number of hydrogen-bond donors (Lipinski definition) is 2. The van der Waals surface area contributed by atoms with Gasteiger partial charge in [0, 0.05) is 12.6 Å². The highest BCUT2D eigenvalue weighted by molar-refractivity contribution is 5.81. The third-order valence-electron chi connectivity index (χ3n) is 5.33. The van der Waals surface area contributed by atoms with E-state index in [9.17, 15) is 4.79 Å². The number of amides is 1. The van der Waals surface area contributed by atoms with Gasteiger partial charge in [0.1, 0.15) is 0 Å². The molecule has 1 aliphatic carbocycles. The van der Waals surface area contributed by atoms with Crippen LogP contribution in [0.15, 0.2) is 0 Å². The Hall–Kier alpha value is -0.610. The van der Waals surface area contributed by atoms with Crippen LogP contribution in [0.4, 0.5) is 0 Å². The Kier molecular flexibility index (Phi) is 5.85. The first kappa shape index (κ1) is 15.8. The Balaban J connectivity index is 1.83. The lowest BCUT2D eigenvalue weighted by Gasteiger charge is -2.39. The number of rotatable bonds is 4. The van der Waals surface area contributed by atoms with Crippen LogP contribution in [0, 0.1) is 11.8 Å². The fourth-order valence-corrected chi connectivity index (χ4v) is 3.57. The normalized spacial score (nSPS) is 30.9. The van der Waals surface area contributed by atoms with E-state index in [0.717, 1.165) is 38.9 Å². The number of carbonyl (C=O) groups is 1. The second-order valence-corrected chi connectivity index (χ2v) is 6.78. The molecule has 0 aromatic rings. The highest BCUT2D eigenvalue weighted by atomic mass is 16.2. The SMILES string of the molecule is CC1CCN(C(C)C(=O)NC2CCCCC2)CC1CN. The van der Waals surface area contributed by atoms with Crippen LogP contribution in [0.1, 0.15) is 52.4 Å². The van der Waals surface area contributed by atoms with Gasteiger partial charge in [-0.05, 0) is 51.1 Å². The molecule has 0 radical (unpaired) electrons. The summed E-state index contributed by atoms with van der Waals surface area (Å²) in [6.45, 7) is 7.05. The van der Waals surface area contributed by atoms with E-state index in [1.165, 1.54) is 19.3 Å². The molecule has 2 rings (SSSR count).